The van der Waals surface area contributed by atoms with E-state index in [0.29, 0.717) is 37.3 Å². The normalized spacial score (nSPS) is 16.4. The summed E-state index contributed by atoms with van der Waals surface area (Å²) >= 11 is 0. The lowest BCUT2D eigenvalue weighted by atomic mass is 10.1. The average molecular weight is 396 g/mol. The molecule has 1 aliphatic heterocycles. The van der Waals surface area contributed by atoms with Gasteiger partial charge in [0, 0.05) is 30.8 Å². The van der Waals surface area contributed by atoms with Crippen molar-refractivity contribution in [1.29, 1.82) is 0 Å². The minimum absolute atomic E-state index is 0.00374. The number of hydrogen-bond donors (Lipinski definition) is 1. The molecule has 0 amide bonds. The van der Waals surface area contributed by atoms with Crippen LogP contribution in [0.1, 0.15) is 24.0 Å². The van der Waals surface area contributed by atoms with Crippen molar-refractivity contribution in [1.82, 2.24) is 9.88 Å². The number of hydrogen-bond acceptors (Lipinski definition) is 4. The lowest BCUT2D eigenvalue weighted by molar-refractivity contribution is 0.0971. The van der Waals surface area contributed by atoms with Crippen LogP contribution in [-0.2, 0) is 24.4 Å². The van der Waals surface area contributed by atoms with Crippen LogP contribution in [-0.4, -0.2) is 24.4 Å². The molecule has 0 radical (unpaired) electrons. The Morgan fingerprint density at radius 1 is 1.17 bits per heavy atom. The van der Waals surface area contributed by atoms with E-state index in [1.54, 1.807) is 17.7 Å². The van der Waals surface area contributed by atoms with E-state index in [4.69, 9.17) is 9.47 Å². The van der Waals surface area contributed by atoms with Gasteiger partial charge in [-0.2, -0.15) is 0 Å². The summed E-state index contributed by atoms with van der Waals surface area (Å²) in [6, 6.07) is 14.2. The van der Waals surface area contributed by atoms with E-state index in [-0.39, 0.29) is 17.5 Å². The quantitative estimate of drug-likeness (QED) is 0.663. The van der Waals surface area contributed by atoms with Crippen LogP contribution in [0, 0.1) is 5.82 Å². The van der Waals surface area contributed by atoms with Crippen LogP contribution in [0.25, 0.3) is 10.9 Å². The highest BCUT2D eigenvalue weighted by Crippen LogP contribution is 2.20. The fourth-order valence-corrected chi connectivity index (χ4v) is 3.89. The third-order valence-corrected chi connectivity index (χ3v) is 5.37. The molecule has 0 bridgehead atoms. The van der Waals surface area contributed by atoms with Crippen molar-refractivity contribution in [3.63, 3.8) is 0 Å². The van der Waals surface area contributed by atoms with E-state index in [2.05, 4.69) is 5.32 Å². The smallest absolute Gasteiger partial charge is 0.255 e. The fourth-order valence-electron chi connectivity index (χ4n) is 3.89. The third-order valence-electron chi connectivity index (χ3n) is 5.37. The van der Waals surface area contributed by atoms with Crippen LogP contribution in [0.4, 0.5) is 4.39 Å². The number of benzene rings is 2. The van der Waals surface area contributed by atoms with Crippen LogP contribution in [0.2, 0.25) is 0 Å². The van der Waals surface area contributed by atoms with Gasteiger partial charge in [0.05, 0.1) is 25.3 Å². The van der Waals surface area contributed by atoms with Gasteiger partial charge < -0.3 is 19.4 Å². The summed E-state index contributed by atoms with van der Waals surface area (Å²) in [6.07, 6.45) is 1.90. The van der Waals surface area contributed by atoms with E-state index in [1.165, 1.54) is 12.1 Å². The molecule has 4 rings (SSSR count). The van der Waals surface area contributed by atoms with Gasteiger partial charge >= 0.3 is 0 Å². The van der Waals surface area contributed by atoms with Crippen LogP contribution in [0.15, 0.2) is 53.3 Å². The van der Waals surface area contributed by atoms with Crippen molar-refractivity contribution >= 4 is 10.9 Å². The summed E-state index contributed by atoms with van der Waals surface area (Å²) in [6.45, 7) is 2.15. The Morgan fingerprint density at radius 3 is 2.79 bits per heavy atom. The van der Waals surface area contributed by atoms with Gasteiger partial charge in [0.2, 0.25) is 0 Å². The molecule has 1 aromatic heterocycles. The molecule has 152 valence electrons. The first-order chi connectivity index (χ1) is 14.2. The number of nitrogens with zero attached hydrogens (tertiary/aromatic N) is 1. The Morgan fingerprint density at radius 2 is 2.00 bits per heavy atom. The Labute approximate surface area is 169 Å². The number of methoxy groups -OCH3 is 1. The average Bonchev–Trinajstić information content (AvgIpc) is 3.25. The summed E-state index contributed by atoms with van der Waals surface area (Å²) in [5.41, 5.74) is 2.18. The van der Waals surface area contributed by atoms with E-state index in [9.17, 15) is 9.18 Å². The fraction of sp³-hybridized carbons (Fsp3) is 0.348. The summed E-state index contributed by atoms with van der Waals surface area (Å²) < 4.78 is 26.6. The molecule has 1 fully saturated rings. The van der Waals surface area contributed by atoms with E-state index in [1.807, 2.05) is 30.3 Å². The number of rotatable bonds is 7. The van der Waals surface area contributed by atoms with Gasteiger partial charge in [-0.1, -0.05) is 18.2 Å². The van der Waals surface area contributed by atoms with Gasteiger partial charge in [-0.15, -0.1) is 0 Å². The van der Waals surface area contributed by atoms with Crippen LogP contribution in [0.3, 0.4) is 0 Å². The van der Waals surface area contributed by atoms with Crippen LogP contribution < -0.4 is 15.6 Å². The maximum atomic E-state index is 13.9. The van der Waals surface area contributed by atoms with Crippen LogP contribution >= 0.6 is 0 Å². The summed E-state index contributed by atoms with van der Waals surface area (Å²) in [7, 11) is 1.64. The molecule has 1 atom stereocenters. The van der Waals surface area contributed by atoms with Gasteiger partial charge in [-0.25, -0.2) is 4.39 Å². The number of ether oxygens (including phenoxy) is 2. The molecule has 0 unspecified atom stereocenters. The largest absolute Gasteiger partial charge is 0.496 e. The second kappa shape index (κ2) is 8.76. The molecule has 2 heterocycles. The molecule has 3 aromatic rings. The van der Waals surface area contributed by atoms with E-state index in [0.717, 1.165) is 29.5 Å². The van der Waals surface area contributed by atoms with Gasteiger partial charge in [0.25, 0.3) is 5.56 Å². The number of halogens is 1. The van der Waals surface area contributed by atoms with E-state index < -0.39 is 0 Å². The molecule has 0 spiro atoms. The van der Waals surface area contributed by atoms with Gasteiger partial charge in [-0.3, -0.25) is 4.79 Å². The number of nitrogens with one attached hydrogen (secondary N) is 1. The van der Waals surface area contributed by atoms with Crippen LogP contribution in [0.5, 0.6) is 5.75 Å². The molecule has 1 aliphatic rings. The predicted octanol–water partition coefficient (Wildman–Crippen LogP) is 3.62. The van der Waals surface area contributed by atoms with Crippen molar-refractivity contribution in [2.45, 2.75) is 38.6 Å². The first-order valence-electron chi connectivity index (χ1n) is 9.92. The second-order valence-corrected chi connectivity index (χ2v) is 7.34. The lowest BCUT2D eigenvalue weighted by Crippen LogP contribution is -2.31. The van der Waals surface area contributed by atoms with Gasteiger partial charge in [0.1, 0.15) is 11.6 Å². The standard InChI is InChI=1S/C23H25FN2O3/c1-28-22-7-3-2-5-17(22)13-25-14-18-11-16-8-9-19(24)12-21(16)26(23(18)27)15-20-6-4-10-29-20/h2-3,5,7-9,11-12,20,25H,4,6,10,13-15H2,1H3/t20-/m1/s1. The Bertz CT molecular complexity index is 1060. The zero-order valence-electron chi connectivity index (χ0n) is 16.5. The summed E-state index contributed by atoms with van der Waals surface area (Å²) in [4.78, 5) is 13.2. The molecule has 6 heteroatoms. The number of para-hydroxylation sites is 1. The van der Waals surface area contributed by atoms with Crippen molar-refractivity contribution < 1.29 is 13.9 Å². The maximum Gasteiger partial charge on any atom is 0.255 e. The monoisotopic (exact) mass is 396 g/mol. The lowest BCUT2D eigenvalue weighted by Gasteiger charge is -2.17. The summed E-state index contributed by atoms with van der Waals surface area (Å²) in [5, 5.41) is 4.18. The first kappa shape index (κ1) is 19.6. The molecule has 1 N–H and O–H groups in total. The molecule has 2 aromatic carbocycles. The second-order valence-electron chi connectivity index (χ2n) is 7.34. The minimum Gasteiger partial charge on any atom is -0.496 e. The third kappa shape index (κ3) is 4.33. The van der Waals surface area contributed by atoms with Crippen molar-refractivity contribution in [3.8, 4) is 5.75 Å². The van der Waals surface area contributed by atoms with Crippen molar-refractivity contribution in [2.75, 3.05) is 13.7 Å². The predicted molar refractivity (Wildman–Crippen MR) is 111 cm³/mol. The highest BCUT2D eigenvalue weighted by molar-refractivity contribution is 5.79. The Hall–Kier alpha value is -2.70. The Balaban J connectivity index is 1.61. The number of pyridine rings is 1. The van der Waals surface area contributed by atoms with Gasteiger partial charge in [-0.05, 0) is 48.6 Å². The Kier molecular flexibility index (Phi) is 5.92. The molecule has 29 heavy (non-hydrogen) atoms. The summed E-state index contributed by atoms with van der Waals surface area (Å²) in [5.74, 6) is 0.463. The highest BCUT2D eigenvalue weighted by atomic mass is 19.1. The van der Waals surface area contributed by atoms with Crippen molar-refractivity contribution in [2.24, 2.45) is 0 Å². The highest BCUT2D eigenvalue weighted by Gasteiger charge is 2.19. The SMILES string of the molecule is COc1ccccc1CNCc1cc2ccc(F)cc2n(C[C@H]2CCCO2)c1=O. The molecule has 1 saturated heterocycles. The minimum atomic E-state index is -0.347. The first-order valence-corrected chi connectivity index (χ1v) is 9.92. The molecule has 5 nitrogen and oxygen atoms in total. The van der Waals surface area contributed by atoms with E-state index >= 15 is 0 Å². The van der Waals surface area contributed by atoms with Gasteiger partial charge in [0.15, 0.2) is 0 Å². The number of fused-ring (bicyclic) bond motifs is 1. The molecule has 0 saturated carbocycles. The zero-order chi connectivity index (χ0) is 20.2. The zero-order valence-corrected chi connectivity index (χ0v) is 16.5. The molecular formula is C23H25FN2O3. The van der Waals surface area contributed by atoms with Crippen molar-refractivity contribution in [3.05, 3.63) is 75.8 Å². The molecule has 0 aliphatic carbocycles. The maximum absolute atomic E-state index is 13.9. The number of aromatic nitrogens is 1. The molecular weight excluding hydrogens is 371 g/mol. The topological polar surface area (TPSA) is 52.5 Å².